The van der Waals surface area contributed by atoms with E-state index in [-0.39, 0.29) is 12.4 Å². The van der Waals surface area contributed by atoms with Gasteiger partial charge in [-0.15, -0.1) is 0 Å². The highest BCUT2D eigenvalue weighted by Gasteiger charge is 2.07. The number of carbonyl (C=O) groups is 2. The molecule has 0 spiro atoms. The third kappa shape index (κ3) is 3.64. The lowest BCUT2D eigenvalue weighted by Crippen LogP contribution is -2.06. The topological polar surface area (TPSA) is 63.6 Å². The van der Waals surface area contributed by atoms with Crippen LogP contribution in [-0.2, 0) is 14.3 Å². The van der Waals surface area contributed by atoms with Crippen LogP contribution in [0.1, 0.15) is 5.56 Å². The molecule has 0 aliphatic heterocycles. The molecule has 1 aromatic carbocycles. The van der Waals surface area contributed by atoms with E-state index in [1.807, 2.05) is 6.07 Å². The molecule has 1 rings (SSSR count). The van der Waals surface area contributed by atoms with Crippen molar-refractivity contribution in [1.82, 2.24) is 0 Å². The van der Waals surface area contributed by atoms with Gasteiger partial charge in [0.15, 0.2) is 6.29 Å². The Morgan fingerprint density at radius 3 is 2.53 bits per heavy atom. The van der Waals surface area contributed by atoms with Crippen molar-refractivity contribution in [2.45, 2.75) is 0 Å². The second-order valence-corrected chi connectivity index (χ2v) is 2.70. The number of carboxylic acid groups (broad SMARTS) is 1. The fraction of sp³-hybridized carbons (Fsp3) is 0.0909. The smallest absolute Gasteiger partial charge is 0.371 e. The molecule has 0 heterocycles. The molecule has 78 valence electrons. The van der Waals surface area contributed by atoms with Crippen LogP contribution in [0.15, 0.2) is 36.1 Å². The van der Waals surface area contributed by atoms with Gasteiger partial charge in [-0.05, 0) is 11.6 Å². The summed E-state index contributed by atoms with van der Waals surface area (Å²) in [6.45, 7) is -0.259. The normalized spacial score (nSPS) is 10.8. The van der Waals surface area contributed by atoms with Crippen LogP contribution < -0.4 is 0 Å². The molecule has 0 bridgehead atoms. The Morgan fingerprint density at radius 2 is 2.00 bits per heavy atom. The highest BCUT2D eigenvalue weighted by Crippen LogP contribution is 2.07. The summed E-state index contributed by atoms with van der Waals surface area (Å²) < 4.78 is 4.75. The average Bonchev–Trinajstić information content (AvgIpc) is 2.25. The summed E-state index contributed by atoms with van der Waals surface area (Å²) in [6.07, 6.45) is 1.87. The molecule has 0 aliphatic rings. The van der Waals surface area contributed by atoms with Gasteiger partial charge in [0.25, 0.3) is 0 Å². The molecule has 0 aromatic heterocycles. The van der Waals surface area contributed by atoms with Crippen molar-refractivity contribution in [3.05, 3.63) is 41.7 Å². The Bertz CT molecular complexity index is 367. The predicted molar refractivity (Wildman–Crippen MR) is 54.1 cm³/mol. The van der Waals surface area contributed by atoms with Crippen molar-refractivity contribution in [1.29, 1.82) is 0 Å². The van der Waals surface area contributed by atoms with Crippen LogP contribution in [0, 0.1) is 0 Å². The molecular formula is C11H10O4. The van der Waals surface area contributed by atoms with Gasteiger partial charge >= 0.3 is 5.97 Å². The number of aldehydes is 1. The van der Waals surface area contributed by atoms with Gasteiger partial charge in [0.1, 0.15) is 6.61 Å². The lowest BCUT2D eigenvalue weighted by molar-refractivity contribution is -0.136. The van der Waals surface area contributed by atoms with Crippen molar-refractivity contribution in [3.8, 4) is 0 Å². The van der Waals surface area contributed by atoms with Gasteiger partial charge in [-0.3, -0.25) is 4.79 Å². The van der Waals surface area contributed by atoms with Crippen LogP contribution in [0.2, 0.25) is 0 Å². The monoisotopic (exact) mass is 206 g/mol. The van der Waals surface area contributed by atoms with Crippen LogP contribution >= 0.6 is 0 Å². The quantitative estimate of drug-likeness (QED) is 0.448. The first-order valence-electron chi connectivity index (χ1n) is 4.30. The second kappa shape index (κ2) is 5.59. The zero-order valence-corrected chi connectivity index (χ0v) is 7.92. The first kappa shape index (κ1) is 11.0. The summed E-state index contributed by atoms with van der Waals surface area (Å²) >= 11 is 0. The van der Waals surface area contributed by atoms with Crippen LogP contribution in [0.5, 0.6) is 0 Å². The van der Waals surface area contributed by atoms with E-state index >= 15 is 0 Å². The SMILES string of the molecule is O=CCOC(=Cc1ccccc1)C(=O)O. The maximum Gasteiger partial charge on any atom is 0.371 e. The molecule has 1 N–H and O–H groups in total. The molecule has 4 heteroatoms. The number of rotatable bonds is 5. The minimum absolute atomic E-state index is 0.242. The van der Waals surface area contributed by atoms with Gasteiger partial charge in [0.05, 0.1) is 0 Å². The van der Waals surface area contributed by atoms with Crippen molar-refractivity contribution in [2.24, 2.45) is 0 Å². The van der Waals surface area contributed by atoms with Crippen LogP contribution in [0.4, 0.5) is 0 Å². The zero-order chi connectivity index (χ0) is 11.1. The highest BCUT2D eigenvalue weighted by atomic mass is 16.5. The van der Waals surface area contributed by atoms with E-state index in [1.54, 1.807) is 24.3 Å². The van der Waals surface area contributed by atoms with E-state index < -0.39 is 5.97 Å². The van der Waals surface area contributed by atoms with E-state index in [9.17, 15) is 9.59 Å². The molecule has 15 heavy (non-hydrogen) atoms. The minimum Gasteiger partial charge on any atom is -0.479 e. The zero-order valence-electron chi connectivity index (χ0n) is 7.92. The predicted octanol–water partition coefficient (Wildman–Crippen LogP) is 1.33. The fourth-order valence-corrected chi connectivity index (χ4v) is 0.990. The molecular weight excluding hydrogens is 196 g/mol. The highest BCUT2D eigenvalue weighted by molar-refractivity contribution is 5.90. The molecule has 0 aliphatic carbocycles. The number of aliphatic carboxylic acids is 1. The molecule has 0 fully saturated rings. The fourth-order valence-electron chi connectivity index (χ4n) is 0.990. The Balaban J connectivity index is 2.84. The van der Waals surface area contributed by atoms with Gasteiger partial charge < -0.3 is 9.84 Å². The minimum atomic E-state index is -1.19. The van der Waals surface area contributed by atoms with E-state index in [1.165, 1.54) is 6.08 Å². The Kier molecular flexibility index (Phi) is 4.09. The number of ether oxygens (including phenoxy) is 1. The van der Waals surface area contributed by atoms with Crippen LogP contribution in [-0.4, -0.2) is 24.0 Å². The molecule has 0 radical (unpaired) electrons. The molecule has 0 amide bonds. The molecule has 0 unspecified atom stereocenters. The molecule has 0 saturated heterocycles. The lowest BCUT2D eigenvalue weighted by atomic mass is 10.2. The van der Waals surface area contributed by atoms with Gasteiger partial charge in [-0.25, -0.2) is 4.79 Å². The maximum atomic E-state index is 10.7. The van der Waals surface area contributed by atoms with Crippen molar-refractivity contribution in [3.63, 3.8) is 0 Å². The molecule has 1 aromatic rings. The Morgan fingerprint density at radius 1 is 1.33 bits per heavy atom. The van der Waals surface area contributed by atoms with Crippen LogP contribution in [0.25, 0.3) is 6.08 Å². The summed E-state index contributed by atoms with van der Waals surface area (Å²) in [4.78, 5) is 20.7. The third-order valence-corrected chi connectivity index (χ3v) is 1.61. The Labute approximate surface area is 86.8 Å². The van der Waals surface area contributed by atoms with Gasteiger partial charge in [-0.2, -0.15) is 0 Å². The summed E-state index contributed by atoms with van der Waals surface area (Å²) in [5, 5.41) is 8.75. The standard InChI is InChI=1S/C11H10O4/c12-6-7-15-10(11(13)14)8-9-4-2-1-3-5-9/h1-6,8H,7H2,(H,13,14). The van der Waals surface area contributed by atoms with Gasteiger partial charge in [0.2, 0.25) is 5.76 Å². The summed E-state index contributed by atoms with van der Waals surface area (Å²) in [5.74, 6) is -1.44. The number of carboxylic acids is 1. The van der Waals surface area contributed by atoms with E-state index in [0.29, 0.717) is 11.8 Å². The number of hydrogen-bond donors (Lipinski definition) is 1. The van der Waals surface area contributed by atoms with E-state index in [2.05, 4.69) is 0 Å². The third-order valence-electron chi connectivity index (χ3n) is 1.61. The number of benzene rings is 1. The maximum absolute atomic E-state index is 10.7. The van der Waals surface area contributed by atoms with Gasteiger partial charge in [-0.1, -0.05) is 30.3 Å². The molecule has 0 saturated carbocycles. The lowest BCUT2D eigenvalue weighted by Gasteiger charge is -2.02. The molecule has 4 nitrogen and oxygen atoms in total. The van der Waals surface area contributed by atoms with E-state index in [0.717, 1.165) is 0 Å². The van der Waals surface area contributed by atoms with E-state index in [4.69, 9.17) is 9.84 Å². The summed E-state index contributed by atoms with van der Waals surface area (Å²) in [7, 11) is 0. The molecule has 0 atom stereocenters. The summed E-state index contributed by atoms with van der Waals surface area (Å²) in [6, 6.07) is 8.88. The largest absolute Gasteiger partial charge is 0.479 e. The Hall–Kier alpha value is -2.10. The number of hydrogen-bond acceptors (Lipinski definition) is 3. The first-order chi connectivity index (χ1) is 7.24. The number of carbonyl (C=O) groups excluding carboxylic acids is 1. The van der Waals surface area contributed by atoms with Crippen LogP contribution in [0.3, 0.4) is 0 Å². The second-order valence-electron chi connectivity index (χ2n) is 2.70. The van der Waals surface area contributed by atoms with Crippen molar-refractivity contribution < 1.29 is 19.4 Å². The summed E-state index contributed by atoms with van der Waals surface area (Å²) in [5.41, 5.74) is 0.709. The van der Waals surface area contributed by atoms with Gasteiger partial charge in [0, 0.05) is 0 Å². The van der Waals surface area contributed by atoms with Crippen molar-refractivity contribution in [2.75, 3.05) is 6.61 Å². The van der Waals surface area contributed by atoms with Crippen molar-refractivity contribution >= 4 is 18.3 Å². The average molecular weight is 206 g/mol. The first-order valence-corrected chi connectivity index (χ1v) is 4.30.